The van der Waals surface area contributed by atoms with Gasteiger partial charge < -0.3 is 4.90 Å². The molecule has 0 aromatic heterocycles. The molecule has 1 heterocycles. The molecule has 98 valence electrons. The van der Waals surface area contributed by atoms with Crippen molar-refractivity contribution in [2.45, 2.75) is 26.7 Å². The van der Waals surface area contributed by atoms with Crippen molar-refractivity contribution < 1.29 is 9.18 Å². The second kappa shape index (κ2) is 5.00. The molecule has 0 N–H and O–H groups in total. The topological polar surface area (TPSA) is 20.3 Å². The molecule has 1 saturated heterocycles. The van der Waals surface area contributed by atoms with E-state index in [-0.39, 0.29) is 17.1 Å². The SMILES string of the molecule is CC1(C)CCCN(C(=O)c2ccc(F)c(Br)c2)C1. The summed E-state index contributed by atoms with van der Waals surface area (Å²) < 4.78 is 13.5. The first-order valence-electron chi connectivity index (χ1n) is 6.13. The number of piperidine rings is 1. The molecular weight excluding hydrogens is 297 g/mol. The first-order valence-corrected chi connectivity index (χ1v) is 6.93. The Labute approximate surface area is 115 Å². The number of hydrogen-bond acceptors (Lipinski definition) is 1. The number of likely N-dealkylation sites (tertiary alicyclic amines) is 1. The summed E-state index contributed by atoms with van der Waals surface area (Å²) in [6.07, 6.45) is 2.17. The maximum Gasteiger partial charge on any atom is 0.253 e. The molecule has 1 fully saturated rings. The number of carbonyl (C=O) groups is 1. The van der Waals surface area contributed by atoms with E-state index in [1.54, 1.807) is 12.1 Å². The lowest BCUT2D eigenvalue weighted by atomic mass is 9.84. The van der Waals surface area contributed by atoms with E-state index in [0.717, 1.165) is 25.9 Å². The van der Waals surface area contributed by atoms with Crippen LogP contribution in [0.15, 0.2) is 22.7 Å². The highest BCUT2D eigenvalue weighted by molar-refractivity contribution is 9.10. The van der Waals surface area contributed by atoms with E-state index in [4.69, 9.17) is 0 Å². The molecule has 2 rings (SSSR count). The van der Waals surface area contributed by atoms with Crippen molar-refractivity contribution in [3.8, 4) is 0 Å². The predicted molar refractivity (Wildman–Crippen MR) is 73.0 cm³/mol. The van der Waals surface area contributed by atoms with Crippen LogP contribution >= 0.6 is 15.9 Å². The van der Waals surface area contributed by atoms with Gasteiger partial charge in [-0.15, -0.1) is 0 Å². The zero-order chi connectivity index (χ0) is 13.3. The Bertz CT molecular complexity index is 473. The molecule has 1 aromatic carbocycles. The summed E-state index contributed by atoms with van der Waals surface area (Å²) in [5, 5.41) is 0. The van der Waals surface area contributed by atoms with Gasteiger partial charge in [-0.3, -0.25) is 4.79 Å². The highest BCUT2D eigenvalue weighted by Gasteiger charge is 2.29. The highest BCUT2D eigenvalue weighted by Crippen LogP contribution is 2.29. The van der Waals surface area contributed by atoms with Crippen LogP contribution in [0.4, 0.5) is 4.39 Å². The van der Waals surface area contributed by atoms with Gasteiger partial charge in [0.25, 0.3) is 5.91 Å². The van der Waals surface area contributed by atoms with Gasteiger partial charge in [-0.25, -0.2) is 4.39 Å². The van der Waals surface area contributed by atoms with E-state index in [9.17, 15) is 9.18 Å². The molecule has 0 radical (unpaired) electrons. The minimum absolute atomic E-state index is 0.0107. The Morgan fingerprint density at radius 1 is 1.44 bits per heavy atom. The van der Waals surface area contributed by atoms with Gasteiger partial charge in [0, 0.05) is 18.7 Å². The summed E-state index contributed by atoms with van der Waals surface area (Å²) in [6, 6.07) is 4.43. The van der Waals surface area contributed by atoms with Gasteiger partial charge in [-0.05, 0) is 52.4 Å². The number of nitrogens with zero attached hydrogens (tertiary/aromatic N) is 1. The van der Waals surface area contributed by atoms with Crippen molar-refractivity contribution in [3.63, 3.8) is 0 Å². The number of carbonyl (C=O) groups excluding carboxylic acids is 1. The van der Waals surface area contributed by atoms with Crippen LogP contribution in [0.5, 0.6) is 0 Å². The lowest BCUT2D eigenvalue weighted by Crippen LogP contribution is -2.43. The molecule has 2 nitrogen and oxygen atoms in total. The fraction of sp³-hybridized carbons (Fsp3) is 0.500. The monoisotopic (exact) mass is 313 g/mol. The third kappa shape index (κ3) is 2.91. The first kappa shape index (κ1) is 13.5. The molecule has 0 atom stereocenters. The number of benzene rings is 1. The number of amides is 1. The van der Waals surface area contributed by atoms with Crippen molar-refractivity contribution in [1.82, 2.24) is 4.90 Å². The number of rotatable bonds is 1. The van der Waals surface area contributed by atoms with E-state index < -0.39 is 0 Å². The molecule has 0 unspecified atom stereocenters. The largest absolute Gasteiger partial charge is 0.338 e. The molecule has 0 bridgehead atoms. The Balaban J connectivity index is 2.18. The zero-order valence-corrected chi connectivity index (χ0v) is 12.3. The maximum absolute atomic E-state index is 13.2. The van der Waals surface area contributed by atoms with Gasteiger partial charge in [-0.1, -0.05) is 13.8 Å². The van der Waals surface area contributed by atoms with Gasteiger partial charge in [0.15, 0.2) is 0 Å². The lowest BCUT2D eigenvalue weighted by Gasteiger charge is -2.38. The van der Waals surface area contributed by atoms with Crippen LogP contribution in [0.1, 0.15) is 37.0 Å². The number of halogens is 2. The fourth-order valence-corrected chi connectivity index (χ4v) is 2.79. The molecule has 1 amide bonds. The van der Waals surface area contributed by atoms with E-state index >= 15 is 0 Å². The second-order valence-corrected chi connectivity index (χ2v) is 6.48. The zero-order valence-electron chi connectivity index (χ0n) is 10.7. The van der Waals surface area contributed by atoms with Crippen LogP contribution in [0.25, 0.3) is 0 Å². The molecular formula is C14H17BrFNO. The Morgan fingerprint density at radius 2 is 2.17 bits per heavy atom. The average molecular weight is 314 g/mol. The molecule has 4 heteroatoms. The van der Waals surface area contributed by atoms with E-state index in [1.165, 1.54) is 6.07 Å². The fourth-order valence-electron chi connectivity index (χ4n) is 2.41. The van der Waals surface area contributed by atoms with Crippen molar-refractivity contribution in [3.05, 3.63) is 34.1 Å². The average Bonchev–Trinajstić information content (AvgIpc) is 2.30. The van der Waals surface area contributed by atoms with Gasteiger partial charge in [0.1, 0.15) is 5.82 Å². The van der Waals surface area contributed by atoms with Crippen LogP contribution in [0.2, 0.25) is 0 Å². The Kier molecular flexibility index (Phi) is 3.76. The predicted octanol–water partition coefficient (Wildman–Crippen LogP) is 3.85. The van der Waals surface area contributed by atoms with Crippen LogP contribution in [0.3, 0.4) is 0 Å². The highest BCUT2D eigenvalue weighted by atomic mass is 79.9. The van der Waals surface area contributed by atoms with Crippen LogP contribution in [-0.2, 0) is 0 Å². The summed E-state index contributed by atoms with van der Waals surface area (Å²) in [5.74, 6) is -0.353. The van der Waals surface area contributed by atoms with Crippen LogP contribution in [-0.4, -0.2) is 23.9 Å². The minimum Gasteiger partial charge on any atom is -0.338 e. The van der Waals surface area contributed by atoms with Crippen molar-refractivity contribution >= 4 is 21.8 Å². The van der Waals surface area contributed by atoms with E-state index in [2.05, 4.69) is 29.8 Å². The molecule has 0 saturated carbocycles. The van der Waals surface area contributed by atoms with Gasteiger partial charge >= 0.3 is 0 Å². The molecule has 0 spiro atoms. The summed E-state index contributed by atoms with van der Waals surface area (Å²) >= 11 is 3.12. The first-order chi connectivity index (χ1) is 8.39. The van der Waals surface area contributed by atoms with Crippen LogP contribution < -0.4 is 0 Å². The van der Waals surface area contributed by atoms with Crippen molar-refractivity contribution in [2.75, 3.05) is 13.1 Å². The smallest absolute Gasteiger partial charge is 0.253 e. The molecule has 1 aliphatic heterocycles. The Hall–Kier alpha value is -0.900. The maximum atomic E-state index is 13.2. The normalized spacial score (nSPS) is 18.8. The van der Waals surface area contributed by atoms with Crippen LogP contribution in [0, 0.1) is 11.2 Å². The third-order valence-electron chi connectivity index (χ3n) is 3.35. The number of hydrogen-bond donors (Lipinski definition) is 0. The van der Waals surface area contributed by atoms with Gasteiger partial charge in [-0.2, -0.15) is 0 Å². The van der Waals surface area contributed by atoms with E-state index in [0.29, 0.717) is 10.0 Å². The lowest BCUT2D eigenvalue weighted by molar-refractivity contribution is 0.0583. The third-order valence-corrected chi connectivity index (χ3v) is 3.96. The van der Waals surface area contributed by atoms with E-state index in [1.807, 2.05) is 4.90 Å². The summed E-state index contributed by atoms with van der Waals surface area (Å²) in [4.78, 5) is 14.2. The van der Waals surface area contributed by atoms with Crippen molar-refractivity contribution in [2.24, 2.45) is 5.41 Å². The van der Waals surface area contributed by atoms with Gasteiger partial charge in [0.05, 0.1) is 4.47 Å². The summed E-state index contributed by atoms with van der Waals surface area (Å²) in [5.41, 5.74) is 0.714. The van der Waals surface area contributed by atoms with Crippen molar-refractivity contribution in [1.29, 1.82) is 0 Å². The minimum atomic E-state index is -0.342. The van der Waals surface area contributed by atoms with Gasteiger partial charge in [0.2, 0.25) is 0 Å². The summed E-state index contributed by atoms with van der Waals surface area (Å²) in [7, 11) is 0. The second-order valence-electron chi connectivity index (χ2n) is 5.62. The molecule has 0 aliphatic carbocycles. The quantitative estimate of drug-likeness (QED) is 0.771. The molecule has 18 heavy (non-hydrogen) atoms. The standard InChI is InChI=1S/C14H17BrFNO/c1-14(2)6-3-7-17(9-14)13(18)10-4-5-12(16)11(15)8-10/h4-5,8H,3,6-7,9H2,1-2H3. The summed E-state index contributed by atoms with van der Waals surface area (Å²) in [6.45, 7) is 5.90. The molecule has 1 aromatic rings. The molecule has 1 aliphatic rings. The Morgan fingerprint density at radius 3 is 2.78 bits per heavy atom.